The number of rotatable bonds is 5. The zero-order valence-electron chi connectivity index (χ0n) is 14.3. The number of hydrogen-bond donors (Lipinski definition) is 2. The average molecular weight is 381 g/mol. The van der Waals surface area contributed by atoms with Crippen LogP contribution in [0.5, 0.6) is 5.75 Å². The summed E-state index contributed by atoms with van der Waals surface area (Å²) in [6, 6.07) is 22.9. The van der Waals surface area contributed by atoms with Gasteiger partial charge in [0.1, 0.15) is 12.4 Å². The monoisotopic (exact) mass is 380 g/mol. The van der Waals surface area contributed by atoms with Crippen LogP contribution in [-0.2, 0) is 6.61 Å². The minimum atomic E-state index is -0.446. The number of amides is 2. The molecule has 5 nitrogen and oxygen atoms in total. The highest BCUT2D eigenvalue weighted by Crippen LogP contribution is 2.13. The zero-order valence-corrected chi connectivity index (χ0v) is 15.1. The van der Waals surface area contributed by atoms with Crippen molar-refractivity contribution in [3.8, 4) is 5.75 Å². The normalized spacial score (nSPS) is 10.1. The van der Waals surface area contributed by atoms with E-state index in [1.807, 2.05) is 30.3 Å². The topological polar surface area (TPSA) is 67.4 Å². The Balaban J connectivity index is 1.52. The Kier molecular flexibility index (Phi) is 6.07. The fourth-order valence-electron chi connectivity index (χ4n) is 2.32. The molecule has 2 amide bonds. The molecule has 0 bridgehead atoms. The van der Waals surface area contributed by atoms with E-state index in [1.54, 1.807) is 42.5 Å². The van der Waals surface area contributed by atoms with E-state index >= 15 is 0 Å². The summed E-state index contributed by atoms with van der Waals surface area (Å²) < 4.78 is 5.66. The number of halogens is 1. The third-order valence-corrected chi connectivity index (χ3v) is 3.98. The Morgan fingerprint density at radius 2 is 1.44 bits per heavy atom. The first-order chi connectivity index (χ1) is 13.1. The second kappa shape index (κ2) is 8.87. The molecule has 0 aliphatic carbocycles. The molecule has 0 aromatic heterocycles. The van der Waals surface area contributed by atoms with Crippen LogP contribution in [0.25, 0.3) is 0 Å². The van der Waals surface area contributed by atoms with E-state index in [4.69, 9.17) is 16.3 Å². The molecule has 3 rings (SSSR count). The van der Waals surface area contributed by atoms with E-state index in [-0.39, 0.29) is 0 Å². The second-order valence-electron chi connectivity index (χ2n) is 5.72. The molecule has 27 heavy (non-hydrogen) atoms. The lowest BCUT2D eigenvalue weighted by Gasteiger charge is -2.09. The number of hydrazine groups is 1. The third kappa shape index (κ3) is 5.33. The number of benzene rings is 3. The average Bonchev–Trinajstić information content (AvgIpc) is 2.71. The summed E-state index contributed by atoms with van der Waals surface area (Å²) >= 11 is 5.85. The van der Waals surface area contributed by atoms with Crippen molar-refractivity contribution in [3.05, 3.63) is 101 Å². The van der Waals surface area contributed by atoms with Gasteiger partial charge in [0.05, 0.1) is 0 Å². The molecule has 0 heterocycles. The quantitative estimate of drug-likeness (QED) is 0.657. The van der Waals surface area contributed by atoms with Gasteiger partial charge in [0, 0.05) is 16.1 Å². The number of carbonyl (C=O) groups is 2. The number of ether oxygens (including phenoxy) is 1. The summed E-state index contributed by atoms with van der Waals surface area (Å²) in [7, 11) is 0. The number of para-hydroxylation sites is 1. The summed E-state index contributed by atoms with van der Waals surface area (Å²) in [6.07, 6.45) is 0. The Hall–Kier alpha value is -3.31. The first-order valence-corrected chi connectivity index (χ1v) is 8.62. The second-order valence-corrected chi connectivity index (χ2v) is 6.15. The predicted molar refractivity (Wildman–Crippen MR) is 104 cm³/mol. The van der Waals surface area contributed by atoms with Gasteiger partial charge in [-0.05, 0) is 48.0 Å². The van der Waals surface area contributed by atoms with Gasteiger partial charge in [-0.25, -0.2) is 0 Å². The molecule has 0 fully saturated rings. The van der Waals surface area contributed by atoms with Crippen LogP contribution in [0.3, 0.4) is 0 Å². The minimum Gasteiger partial charge on any atom is -0.489 e. The molecule has 2 N–H and O–H groups in total. The van der Waals surface area contributed by atoms with Gasteiger partial charge in [-0.3, -0.25) is 20.4 Å². The van der Waals surface area contributed by atoms with E-state index in [1.165, 1.54) is 6.07 Å². The van der Waals surface area contributed by atoms with Crippen LogP contribution in [0.2, 0.25) is 5.02 Å². The van der Waals surface area contributed by atoms with Crippen LogP contribution < -0.4 is 15.6 Å². The molecule has 0 saturated heterocycles. The van der Waals surface area contributed by atoms with Crippen LogP contribution in [0.1, 0.15) is 26.3 Å². The maximum absolute atomic E-state index is 12.2. The molecule has 0 saturated carbocycles. The highest BCUT2D eigenvalue weighted by Gasteiger charge is 2.09. The molecule has 0 spiro atoms. The standard InChI is InChI=1S/C21H17ClN2O3/c22-18-6-4-5-17(13-18)21(26)24-23-20(25)16-11-9-15(10-12-16)14-27-19-7-2-1-3-8-19/h1-13H,14H2,(H,23,25)(H,24,26). The SMILES string of the molecule is O=C(NNC(=O)c1cccc(Cl)c1)c1ccc(COc2ccccc2)cc1. The Labute approximate surface area is 161 Å². The largest absolute Gasteiger partial charge is 0.489 e. The number of carbonyl (C=O) groups excluding carboxylic acids is 2. The minimum absolute atomic E-state index is 0.358. The van der Waals surface area contributed by atoms with Gasteiger partial charge in [-0.15, -0.1) is 0 Å². The van der Waals surface area contributed by atoms with E-state index in [9.17, 15) is 9.59 Å². The Bertz CT molecular complexity index is 928. The van der Waals surface area contributed by atoms with Crippen molar-refractivity contribution in [1.29, 1.82) is 0 Å². The summed E-state index contributed by atoms with van der Waals surface area (Å²) in [5.41, 5.74) is 6.45. The molecule has 136 valence electrons. The fourth-order valence-corrected chi connectivity index (χ4v) is 2.51. The van der Waals surface area contributed by atoms with E-state index < -0.39 is 11.8 Å². The zero-order chi connectivity index (χ0) is 19.1. The molecule has 0 aliphatic heterocycles. The lowest BCUT2D eigenvalue weighted by atomic mass is 10.1. The van der Waals surface area contributed by atoms with Crippen molar-refractivity contribution < 1.29 is 14.3 Å². The van der Waals surface area contributed by atoms with Gasteiger partial charge in [0.15, 0.2) is 0 Å². The van der Waals surface area contributed by atoms with Gasteiger partial charge in [-0.2, -0.15) is 0 Å². The van der Waals surface area contributed by atoms with Crippen molar-refractivity contribution in [2.24, 2.45) is 0 Å². The van der Waals surface area contributed by atoms with Crippen LogP contribution in [-0.4, -0.2) is 11.8 Å². The summed E-state index contributed by atoms with van der Waals surface area (Å²) in [5, 5.41) is 0.447. The van der Waals surface area contributed by atoms with E-state index in [2.05, 4.69) is 10.9 Å². The molecule has 0 aliphatic rings. The Morgan fingerprint density at radius 3 is 2.11 bits per heavy atom. The van der Waals surface area contributed by atoms with E-state index in [0.717, 1.165) is 11.3 Å². The van der Waals surface area contributed by atoms with Crippen molar-refractivity contribution in [1.82, 2.24) is 10.9 Å². The summed E-state index contributed by atoms with van der Waals surface area (Å²) in [5.74, 6) is -0.0808. The predicted octanol–water partition coefficient (Wildman–Crippen LogP) is 3.99. The van der Waals surface area contributed by atoms with Crippen LogP contribution in [0, 0.1) is 0 Å². The van der Waals surface area contributed by atoms with Crippen molar-refractivity contribution in [2.75, 3.05) is 0 Å². The highest BCUT2D eigenvalue weighted by molar-refractivity contribution is 6.30. The first-order valence-electron chi connectivity index (χ1n) is 8.25. The maximum Gasteiger partial charge on any atom is 0.269 e. The van der Waals surface area contributed by atoms with Crippen molar-refractivity contribution >= 4 is 23.4 Å². The first kappa shape index (κ1) is 18.5. The van der Waals surface area contributed by atoms with Gasteiger partial charge in [0.2, 0.25) is 0 Å². The summed E-state index contributed by atoms with van der Waals surface area (Å²) in [6.45, 7) is 0.400. The Morgan fingerprint density at radius 1 is 0.778 bits per heavy atom. The lowest BCUT2D eigenvalue weighted by Crippen LogP contribution is -2.41. The lowest BCUT2D eigenvalue weighted by molar-refractivity contribution is 0.0846. The van der Waals surface area contributed by atoms with Gasteiger partial charge < -0.3 is 4.74 Å². The van der Waals surface area contributed by atoms with Crippen LogP contribution in [0.4, 0.5) is 0 Å². The number of hydrogen-bond acceptors (Lipinski definition) is 3. The van der Waals surface area contributed by atoms with Crippen molar-refractivity contribution in [2.45, 2.75) is 6.61 Å². The molecule has 3 aromatic carbocycles. The molecule has 3 aromatic rings. The molecular formula is C21H17ClN2O3. The van der Waals surface area contributed by atoms with Crippen LogP contribution in [0.15, 0.2) is 78.9 Å². The van der Waals surface area contributed by atoms with Crippen molar-refractivity contribution in [3.63, 3.8) is 0 Å². The highest BCUT2D eigenvalue weighted by atomic mass is 35.5. The molecule has 6 heteroatoms. The smallest absolute Gasteiger partial charge is 0.269 e. The third-order valence-electron chi connectivity index (χ3n) is 3.74. The maximum atomic E-state index is 12.2. The fraction of sp³-hybridized carbons (Fsp3) is 0.0476. The molecule has 0 atom stereocenters. The van der Waals surface area contributed by atoms with Gasteiger partial charge in [0.25, 0.3) is 11.8 Å². The summed E-state index contributed by atoms with van der Waals surface area (Å²) in [4.78, 5) is 24.2. The van der Waals surface area contributed by atoms with Gasteiger partial charge >= 0.3 is 0 Å². The van der Waals surface area contributed by atoms with E-state index in [0.29, 0.717) is 22.8 Å². The van der Waals surface area contributed by atoms with Gasteiger partial charge in [-0.1, -0.05) is 48.0 Å². The van der Waals surface area contributed by atoms with Crippen LogP contribution >= 0.6 is 11.6 Å². The molecular weight excluding hydrogens is 364 g/mol. The number of nitrogens with one attached hydrogen (secondary N) is 2. The molecule has 0 radical (unpaired) electrons. The molecule has 0 unspecified atom stereocenters.